The fraction of sp³-hybridized carbons (Fsp3) is 0.923. The van der Waals surface area contributed by atoms with Gasteiger partial charge in [-0.1, -0.05) is 18.7 Å². The summed E-state index contributed by atoms with van der Waals surface area (Å²) < 4.78 is 53.9. The van der Waals surface area contributed by atoms with E-state index < -0.39 is 19.0 Å². The van der Waals surface area contributed by atoms with Crippen molar-refractivity contribution in [1.82, 2.24) is 9.80 Å². The highest BCUT2D eigenvalue weighted by atomic mass is 32.2. The number of piperazine rings is 1. The van der Waals surface area contributed by atoms with E-state index in [1.54, 1.807) is 11.8 Å². The molecule has 2 aliphatic heterocycles. The third kappa shape index (κ3) is 4.99. The Morgan fingerprint density at radius 2 is 2.00 bits per heavy atom. The molecule has 0 aliphatic carbocycles. The predicted molar refractivity (Wildman–Crippen MR) is 79.1 cm³/mol. The van der Waals surface area contributed by atoms with Gasteiger partial charge in [0, 0.05) is 38.0 Å². The number of thioether (sulfide) groups is 1. The van der Waals surface area contributed by atoms with Gasteiger partial charge in [0.25, 0.3) is 0 Å². The Kier molecular flexibility index (Phi) is 6.34. The highest BCUT2D eigenvalue weighted by molar-refractivity contribution is 8.14. The number of halogens is 4. The maximum absolute atomic E-state index is 12.7. The summed E-state index contributed by atoms with van der Waals surface area (Å²) in [7, 11) is 0. The summed E-state index contributed by atoms with van der Waals surface area (Å²) >= 11 is 1.78. The minimum absolute atomic E-state index is 0.0367. The van der Waals surface area contributed by atoms with Gasteiger partial charge >= 0.3 is 12.3 Å². The predicted octanol–water partition coefficient (Wildman–Crippen LogP) is 2.01. The maximum atomic E-state index is 12.7. The number of hydrogen-bond donors (Lipinski definition) is 0. The molecule has 0 unspecified atom stereocenters. The summed E-state index contributed by atoms with van der Waals surface area (Å²) in [4.78, 5) is 8.81. The third-order valence-corrected chi connectivity index (χ3v) is 4.75. The van der Waals surface area contributed by atoms with Crippen LogP contribution in [0, 0.1) is 0 Å². The van der Waals surface area contributed by atoms with Crippen molar-refractivity contribution in [2.75, 3.05) is 52.5 Å². The van der Waals surface area contributed by atoms with Gasteiger partial charge in [0.05, 0.1) is 13.2 Å². The molecule has 0 saturated carbocycles. The van der Waals surface area contributed by atoms with Crippen molar-refractivity contribution in [3.8, 4) is 0 Å². The lowest BCUT2D eigenvalue weighted by Gasteiger charge is -2.35. The van der Waals surface area contributed by atoms with Gasteiger partial charge in [-0.05, 0) is 0 Å². The first-order chi connectivity index (χ1) is 10.4. The molecule has 22 heavy (non-hydrogen) atoms. The van der Waals surface area contributed by atoms with Crippen LogP contribution in [0.15, 0.2) is 4.99 Å². The Morgan fingerprint density at radius 1 is 1.32 bits per heavy atom. The molecule has 2 aliphatic rings. The molecule has 0 spiro atoms. The highest BCUT2D eigenvalue weighted by Crippen LogP contribution is 2.24. The van der Waals surface area contributed by atoms with Gasteiger partial charge in [0.15, 0.2) is 5.17 Å². The van der Waals surface area contributed by atoms with E-state index in [0.29, 0.717) is 11.8 Å². The van der Waals surface area contributed by atoms with Gasteiger partial charge in [-0.15, -0.1) is 0 Å². The standard InChI is InChI=1S/C13H21F4N3OS/c1-10-8-18-12(22-10)20-4-2-19(3-5-20)6-7-21-9-13(16,17)11(14)15/h10-11H,2-9H2,1H3/t10-/m1/s1. The van der Waals surface area contributed by atoms with E-state index in [1.165, 1.54) is 0 Å². The molecule has 128 valence electrons. The fourth-order valence-electron chi connectivity index (χ4n) is 2.26. The Hall–Kier alpha value is -0.540. The molecule has 0 aromatic carbocycles. The van der Waals surface area contributed by atoms with Crippen molar-refractivity contribution in [1.29, 1.82) is 0 Å². The van der Waals surface area contributed by atoms with Gasteiger partial charge in [0.1, 0.15) is 6.61 Å². The number of rotatable bonds is 6. The van der Waals surface area contributed by atoms with Crippen LogP contribution in [0.4, 0.5) is 17.6 Å². The number of nitrogens with zero attached hydrogens (tertiary/aromatic N) is 3. The van der Waals surface area contributed by atoms with Crippen LogP contribution < -0.4 is 0 Å². The van der Waals surface area contributed by atoms with Gasteiger partial charge < -0.3 is 9.64 Å². The van der Waals surface area contributed by atoms with E-state index in [4.69, 9.17) is 4.74 Å². The van der Waals surface area contributed by atoms with E-state index in [1.807, 2.05) is 0 Å². The normalized spacial score (nSPS) is 24.2. The molecule has 0 N–H and O–H groups in total. The van der Waals surface area contributed by atoms with Gasteiger partial charge in [-0.2, -0.15) is 8.78 Å². The molecule has 0 aromatic heterocycles. The van der Waals surface area contributed by atoms with E-state index in [9.17, 15) is 17.6 Å². The number of hydrogen-bond acceptors (Lipinski definition) is 5. The van der Waals surface area contributed by atoms with Crippen LogP contribution >= 0.6 is 11.8 Å². The smallest absolute Gasteiger partial charge is 0.330 e. The van der Waals surface area contributed by atoms with Gasteiger partial charge in [0.2, 0.25) is 0 Å². The molecule has 4 nitrogen and oxygen atoms in total. The quantitative estimate of drug-likeness (QED) is 0.545. The summed E-state index contributed by atoms with van der Waals surface area (Å²) in [5, 5.41) is 1.61. The van der Waals surface area contributed by atoms with E-state index in [-0.39, 0.29) is 6.61 Å². The second-order valence-electron chi connectivity index (χ2n) is 5.49. The molecular weight excluding hydrogens is 322 g/mol. The third-order valence-electron chi connectivity index (χ3n) is 3.60. The average molecular weight is 343 g/mol. The van der Waals surface area contributed by atoms with Crippen molar-refractivity contribution in [3.63, 3.8) is 0 Å². The van der Waals surface area contributed by atoms with Crippen molar-refractivity contribution in [2.45, 2.75) is 24.5 Å². The summed E-state index contributed by atoms with van der Waals surface area (Å²) in [5.41, 5.74) is 0. The molecule has 2 rings (SSSR count). The van der Waals surface area contributed by atoms with E-state index >= 15 is 0 Å². The summed E-state index contributed by atoms with van der Waals surface area (Å²) in [6.45, 7) is 5.55. The van der Waals surface area contributed by atoms with Crippen molar-refractivity contribution in [2.24, 2.45) is 4.99 Å². The minimum Gasteiger partial charge on any atom is -0.374 e. The second kappa shape index (κ2) is 7.83. The average Bonchev–Trinajstić information content (AvgIpc) is 2.91. The van der Waals surface area contributed by atoms with E-state index in [2.05, 4.69) is 21.7 Å². The monoisotopic (exact) mass is 343 g/mol. The van der Waals surface area contributed by atoms with Crippen LogP contribution in [-0.4, -0.2) is 85.0 Å². The highest BCUT2D eigenvalue weighted by Gasteiger charge is 2.40. The lowest BCUT2D eigenvalue weighted by atomic mass is 10.3. The Labute approximate surface area is 131 Å². The first kappa shape index (κ1) is 17.8. The van der Waals surface area contributed by atoms with Crippen LogP contribution in [-0.2, 0) is 4.74 Å². The Bertz CT molecular complexity index is 389. The summed E-state index contributed by atoms with van der Waals surface area (Å²) in [6.07, 6.45) is -3.68. The molecule has 1 saturated heterocycles. The van der Waals surface area contributed by atoms with Gasteiger partial charge in [-0.3, -0.25) is 9.89 Å². The van der Waals surface area contributed by atoms with Crippen molar-refractivity contribution < 1.29 is 22.3 Å². The minimum atomic E-state index is -4.06. The SMILES string of the molecule is C[C@@H]1CN=C(N2CCN(CCOCC(F)(F)C(F)F)CC2)S1. The number of alkyl halides is 4. The molecule has 0 bridgehead atoms. The molecule has 2 heterocycles. The van der Waals surface area contributed by atoms with Crippen LogP contribution in [0.3, 0.4) is 0 Å². The molecule has 0 radical (unpaired) electrons. The lowest BCUT2D eigenvalue weighted by molar-refractivity contribution is -0.166. The second-order valence-corrected chi connectivity index (χ2v) is 6.90. The number of ether oxygens (including phenoxy) is 1. The Morgan fingerprint density at radius 3 is 2.55 bits per heavy atom. The van der Waals surface area contributed by atoms with Crippen LogP contribution in [0.1, 0.15) is 6.92 Å². The maximum Gasteiger partial charge on any atom is 0.330 e. The largest absolute Gasteiger partial charge is 0.374 e. The zero-order valence-corrected chi connectivity index (χ0v) is 13.3. The topological polar surface area (TPSA) is 28.1 Å². The molecule has 9 heteroatoms. The zero-order valence-electron chi connectivity index (χ0n) is 12.5. The first-order valence-electron chi connectivity index (χ1n) is 7.30. The number of amidine groups is 1. The summed E-state index contributed by atoms with van der Waals surface area (Å²) in [6, 6.07) is 0. The van der Waals surface area contributed by atoms with Crippen LogP contribution in [0.2, 0.25) is 0 Å². The van der Waals surface area contributed by atoms with Crippen molar-refractivity contribution in [3.05, 3.63) is 0 Å². The number of aliphatic imine (C=N–C) groups is 1. The molecule has 0 amide bonds. The van der Waals surface area contributed by atoms with E-state index in [0.717, 1.165) is 37.9 Å². The summed E-state index contributed by atoms with van der Waals surface area (Å²) in [5.74, 6) is -4.06. The fourth-order valence-corrected chi connectivity index (χ4v) is 3.25. The Balaban J connectivity index is 1.60. The van der Waals surface area contributed by atoms with Crippen LogP contribution in [0.25, 0.3) is 0 Å². The lowest BCUT2D eigenvalue weighted by Crippen LogP contribution is -2.48. The zero-order chi connectivity index (χ0) is 16.2. The van der Waals surface area contributed by atoms with Crippen molar-refractivity contribution >= 4 is 16.9 Å². The van der Waals surface area contributed by atoms with Gasteiger partial charge in [-0.25, -0.2) is 8.78 Å². The van der Waals surface area contributed by atoms with Crippen LogP contribution in [0.5, 0.6) is 0 Å². The molecule has 0 aromatic rings. The molecule has 1 atom stereocenters. The first-order valence-corrected chi connectivity index (χ1v) is 8.18. The molecular formula is C13H21F4N3OS. The molecule has 1 fully saturated rings.